The molecule has 0 bridgehead atoms. The maximum atomic E-state index is 5.18. The Morgan fingerprint density at radius 1 is 1.18 bits per heavy atom. The van der Waals surface area contributed by atoms with Gasteiger partial charge in [-0.2, -0.15) is 5.10 Å². The highest BCUT2D eigenvalue weighted by Gasteiger charge is 2.04. The largest absolute Gasteiger partial charge is 0.363 e. The minimum Gasteiger partial charge on any atom is -0.363 e. The van der Waals surface area contributed by atoms with E-state index in [9.17, 15) is 0 Å². The number of hydrogen-bond acceptors (Lipinski definition) is 2. The van der Waals surface area contributed by atoms with E-state index in [4.69, 9.17) is 12.2 Å². The minimum absolute atomic E-state index is 0.618. The highest BCUT2D eigenvalue weighted by atomic mass is 32.1. The van der Waals surface area contributed by atoms with Crippen molar-refractivity contribution in [2.75, 3.05) is 11.9 Å². The second-order valence-corrected chi connectivity index (χ2v) is 5.46. The number of nitrogens with one attached hydrogen (secondary N) is 2. The van der Waals surface area contributed by atoms with Gasteiger partial charge in [-0.25, -0.2) is 0 Å². The summed E-state index contributed by atoms with van der Waals surface area (Å²) >= 11 is 5.18. The number of nitrogens with zero attached hydrogens (tertiary/aromatic N) is 2. The van der Waals surface area contributed by atoms with Crippen LogP contribution in [-0.2, 0) is 6.54 Å². The fourth-order valence-electron chi connectivity index (χ4n) is 2.46. The summed E-state index contributed by atoms with van der Waals surface area (Å²) in [6.45, 7) is 3.55. The van der Waals surface area contributed by atoms with Gasteiger partial charge in [0.1, 0.15) is 0 Å². The zero-order chi connectivity index (χ0) is 15.4. The first-order chi connectivity index (χ1) is 10.8. The van der Waals surface area contributed by atoms with E-state index in [2.05, 4.69) is 58.2 Å². The summed E-state index contributed by atoms with van der Waals surface area (Å²) in [6, 6.07) is 14.8. The highest BCUT2D eigenvalue weighted by Crippen LogP contribution is 2.19. The van der Waals surface area contributed by atoms with E-state index in [1.165, 1.54) is 16.3 Å². The van der Waals surface area contributed by atoms with Crippen molar-refractivity contribution < 1.29 is 0 Å². The molecule has 0 aliphatic heterocycles. The molecule has 0 aliphatic rings. The Balaban J connectivity index is 1.78. The molecule has 2 aromatic carbocycles. The first-order valence-corrected chi connectivity index (χ1v) is 7.71. The van der Waals surface area contributed by atoms with E-state index in [-0.39, 0.29) is 0 Å². The van der Waals surface area contributed by atoms with Crippen LogP contribution >= 0.6 is 12.2 Å². The lowest BCUT2D eigenvalue weighted by molar-refractivity contribution is 0.690. The molecule has 4 nitrogen and oxygen atoms in total. The second-order valence-electron chi connectivity index (χ2n) is 5.05. The summed E-state index contributed by atoms with van der Waals surface area (Å²) in [7, 11) is 0. The van der Waals surface area contributed by atoms with Gasteiger partial charge < -0.3 is 10.6 Å². The van der Waals surface area contributed by atoms with Gasteiger partial charge >= 0.3 is 0 Å². The number of anilines is 1. The third-order valence-electron chi connectivity index (χ3n) is 3.44. The fourth-order valence-corrected chi connectivity index (χ4v) is 2.72. The van der Waals surface area contributed by atoms with E-state index < -0.39 is 0 Å². The monoisotopic (exact) mass is 310 g/mol. The number of aromatic nitrogens is 2. The third kappa shape index (κ3) is 3.26. The van der Waals surface area contributed by atoms with Gasteiger partial charge in [0, 0.05) is 12.7 Å². The van der Waals surface area contributed by atoms with Crippen LogP contribution in [0, 0.1) is 0 Å². The van der Waals surface area contributed by atoms with Crippen molar-refractivity contribution in [3.8, 4) is 0 Å². The van der Waals surface area contributed by atoms with E-state index in [0.717, 1.165) is 18.8 Å². The van der Waals surface area contributed by atoms with Gasteiger partial charge in [-0.15, -0.1) is 0 Å². The van der Waals surface area contributed by atoms with Crippen LogP contribution in [0.5, 0.6) is 0 Å². The molecule has 0 aliphatic carbocycles. The Morgan fingerprint density at radius 2 is 2.00 bits per heavy atom. The van der Waals surface area contributed by atoms with Gasteiger partial charge in [-0.1, -0.05) is 42.5 Å². The summed E-state index contributed by atoms with van der Waals surface area (Å²) in [5, 5.41) is 13.7. The van der Waals surface area contributed by atoms with Crippen LogP contribution in [-0.4, -0.2) is 21.4 Å². The van der Waals surface area contributed by atoms with Crippen LogP contribution in [0.3, 0.4) is 0 Å². The average Bonchev–Trinajstić information content (AvgIpc) is 2.95. The Kier molecular flexibility index (Phi) is 4.34. The van der Waals surface area contributed by atoms with Crippen LogP contribution in [0.25, 0.3) is 10.8 Å². The molecule has 0 spiro atoms. The van der Waals surface area contributed by atoms with Gasteiger partial charge in [-0.3, -0.25) is 4.68 Å². The van der Waals surface area contributed by atoms with Crippen LogP contribution in [0.15, 0.2) is 54.9 Å². The molecule has 0 saturated heterocycles. The fraction of sp³-hybridized carbons (Fsp3) is 0.176. The topological polar surface area (TPSA) is 41.9 Å². The summed E-state index contributed by atoms with van der Waals surface area (Å²) < 4.78 is 1.92. The highest BCUT2D eigenvalue weighted by molar-refractivity contribution is 7.80. The predicted molar refractivity (Wildman–Crippen MR) is 95.2 cm³/mol. The lowest BCUT2D eigenvalue weighted by Gasteiger charge is -2.07. The number of fused-ring (bicyclic) bond motifs is 1. The van der Waals surface area contributed by atoms with Crippen molar-refractivity contribution >= 4 is 33.8 Å². The summed E-state index contributed by atoms with van der Waals surface area (Å²) in [5.41, 5.74) is 2.15. The summed E-state index contributed by atoms with van der Waals surface area (Å²) in [5.74, 6) is 0. The molecule has 5 heteroatoms. The molecule has 0 fully saturated rings. The van der Waals surface area contributed by atoms with Crippen LogP contribution in [0.4, 0.5) is 5.69 Å². The van der Waals surface area contributed by atoms with Gasteiger partial charge in [0.15, 0.2) is 5.11 Å². The molecule has 0 radical (unpaired) electrons. The molecule has 1 heterocycles. The van der Waals surface area contributed by atoms with Gasteiger partial charge in [0.2, 0.25) is 0 Å². The first kappa shape index (κ1) is 14.5. The predicted octanol–water partition coefficient (Wildman–Crippen LogP) is 3.39. The van der Waals surface area contributed by atoms with E-state index in [1.54, 1.807) is 6.20 Å². The molecule has 2 N–H and O–H groups in total. The van der Waals surface area contributed by atoms with Crippen molar-refractivity contribution in [2.45, 2.75) is 13.5 Å². The average molecular weight is 310 g/mol. The molecular formula is C17H18N4S. The Bertz CT molecular complexity index is 789. The SMILES string of the molecule is CCNC(=S)Nc1cnn(Cc2cccc3ccccc23)c1. The number of thiocarbonyl (C=S) groups is 1. The molecule has 0 amide bonds. The van der Waals surface area contributed by atoms with Crippen molar-refractivity contribution in [1.29, 1.82) is 0 Å². The van der Waals surface area contributed by atoms with Gasteiger partial charge in [-0.05, 0) is 35.5 Å². The van der Waals surface area contributed by atoms with Crippen LogP contribution in [0.1, 0.15) is 12.5 Å². The van der Waals surface area contributed by atoms with Crippen molar-refractivity contribution in [3.63, 3.8) is 0 Å². The Labute approximate surface area is 135 Å². The zero-order valence-corrected chi connectivity index (χ0v) is 13.2. The molecule has 22 heavy (non-hydrogen) atoms. The molecule has 0 atom stereocenters. The third-order valence-corrected chi connectivity index (χ3v) is 3.69. The second kappa shape index (κ2) is 6.58. The summed E-state index contributed by atoms with van der Waals surface area (Å²) in [4.78, 5) is 0. The van der Waals surface area contributed by atoms with E-state index in [1.807, 2.05) is 17.8 Å². The van der Waals surface area contributed by atoms with Crippen molar-refractivity contribution in [3.05, 3.63) is 60.4 Å². The lowest BCUT2D eigenvalue weighted by atomic mass is 10.0. The van der Waals surface area contributed by atoms with E-state index in [0.29, 0.717) is 5.11 Å². The molecule has 1 aromatic heterocycles. The van der Waals surface area contributed by atoms with Crippen LogP contribution < -0.4 is 10.6 Å². The number of hydrogen-bond donors (Lipinski definition) is 2. The van der Waals surface area contributed by atoms with Crippen LogP contribution in [0.2, 0.25) is 0 Å². The summed E-state index contributed by atoms with van der Waals surface area (Å²) in [6.07, 6.45) is 3.75. The molecule has 3 aromatic rings. The normalized spacial score (nSPS) is 10.6. The minimum atomic E-state index is 0.618. The quantitative estimate of drug-likeness (QED) is 0.725. The van der Waals surface area contributed by atoms with E-state index >= 15 is 0 Å². The Morgan fingerprint density at radius 3 is 2.86 bits per heavy atom. The molecule has 0 unspecified atom stereocenters. The van der Waals surface area contributed by atoms with Crippen molar-refractivity contribution in [2.24, 2.45) is 0 Å². The maximum Gasteiger partial charge on any atom is 0.170 e. The standard InChI is InChI=1S/C17H18N4S/c1-2-18-17(22)20-15-10-19-21(12-15)11-14-8-5-7-13-6-3-4-9-16(13)14/h3-10,12H,2,11H2,1H3,(H2,18,20,22). The van der Waals surface area contributed by atoms with Gasteiger partial charge in [0.05, 0.1) is 18.4 Å². The molecule has 0 saturated carbocycles. The first-order valence-electron chi connectivity index (χ1n) is 7.30. The zero-order valence-electron chi connectivity index (χ0n) is 12.4. The maximum absolute atomic E-state index is 5.18. The molecule has 112 valence electrons. The number of benzene rings is 2. The molecular weight excluding hydrogens is 292 g/mol. The van der Waals surface area contributed by atoms with Crippen molar-refractivity contribution in [1.82, 2.24) is 15.1 Å². The number of rotatable bonds is 4. The van der Waals surface area contributed by atoms with Gasteiger partial charge in [0.25, 0.3) is 0 Å². The Hall–Kier alpha value is -2.40. The molecule has 3 rings (SSSR count). The lowest BCUT2D eigenvalue weighted by Crippen LogP contribution is -2.27. The smallest absolute Gasteiger partial charge is 0.170 e.